The summed E-state index contributed by atoms with van der Waals surface area (Å²) in [5.74, 6) is 1.56. The molecule has 2 nitrogen and oxygen atoms in total. The highest BCUT2D eigenvalue weighted by Gasteiger charge is 2.37. The molecule has 0 aromatic carbocycles. The van der Waals surface area contributed by atoms with Gasteiger partial charge < -0.3 is 9.47 Å². The van der Waals surface area contributed by atoms with E-state index >= 15 is 0 Å². The van der Waals surface area contributed by atoms with Gasteiger partial charge in [-0.2, -0.15) is 0 Å². The number of hydrogen-bond acceptors (Lipinski definition) is 4. The zero-order valence-corrected chi connectivity index (χ0v) is 13.6. The molecule has 2 atom stereocenters. The maximum absolute atomic E-state index is 6.02. The minimum Gasteiger partial charge on any atom is -0.364 e. The van der Waals surface area contributed by atoms with E-state index in [1.54, 1.807) is 0 Å². The third kappa shape index (κ3) is 5.32. The smallest absolute Gasteiger partial charge is 0.116 e. The van der Waals surface area contributed by atoms with Crippen LogP contribution < -0.4 is 0 Å². The van der Waals surface area contributed by atoms with Gasteiger partial charge in [0.1, 0.15) is 10.9 Å². The van der Waals surface area contributed by atoms with Gasteiger partial charge >= 0.3 is 0 Å². The molecule has 2 aliphatic rings. The standard InChI is InChI=1S/C14H26O2S2/c1-9(2)15-13(11-5-6-11)17-18-14(12-7-8-12)16-10(3)4/h9-14H,5-8H2,1-4H3. The van der Waals surface area contributed by atoms with Crippen LogP contribution in [0.25, 0.3) is 0 Å². The van der Waals surface area contributed by atoms with Crippen molar-refractivity contribution in [3.8, 4) is 0 Å². The Morgan fingerprint density at radius 1 is 0.722 bits per heavy atom. The van der Waals surface area contributed by atoms with Crippen LogP contribution >= 0.6 is 21.6 Å². The maximum Gasteiger partial charge on any atom is 0.116 e. The van der Waals surface area contributed by atoms with E-state index in [2.05, 4.69) is 27.7 Å². The normalized spacial score (nSPS) is 23.7. The van der Waals surface area contributed by atoms with Crippen LogP contribution in [0.15, 0.2) is 0 Å². The van der Waals surface area contributed by atoms with Crippen LogP contribution in [-0.2, 0) is 9.47 Å². The van der Waals surface area contributed by atoms with Crippen molar-refractivity contribution in [1.29, 1.82) is 0 Å². The molecule has 18 heavy (non-hydrogen) atoms. The topological polar surface area (TPSA) is 18.5 Å². The second-order valence-electron chi connectivity index (χ2n) is 5.97. The zero-order chi connectivity index (χ0) is 13.1. The molecule has 2 saturated carbocycles. The molecule has 0 heterocycles. The van der Waals surface area contributed by atoms with Gasteiger partial charge in [0.25, 0.3) is 0 Å². The van der Waals surface area contributed by atoms with Crippen LogP contribution in [0.1, 0.15) is 53.4 Å². The summed E-state index contributed by atoms with van der Waals surface area (Å²) in [6.45, 7) is 8.51. The Morgan fingerprint density at radius 2 is 1.06 bits per heavy atom. The molecule has 0 radical (unpaired) electrons. The average Bonchev–Trinajstić information content (AvgIpc) is 3.15. The summed E-state index contributed by atoms with van der Waals surface area (Å²) < 4.78 is 12.0. The van der Waals surface area contributed by atoms with Gasteiger partial charge in [-0.1, -0.05) is 21.6 Å². The summed E-state index contributed by atoms with van der Waals surface area (Å²) in [4.78, 5) is 0. The molecule has 2 rings (SSSR count). The van der Waals surface area contributed by atoms with Crippen molar-refractivity contribution in [3.05, 3.63) is 0 Å². The number of hydrogen-bond donors (Lipinski definition) is 0. The summed E-state index contributed by atoms with van der Waals surface area (Å²) >= 11 is 0. The lowest BCUT2D eigenvalue weighted by atomic mass is 10.4. The molecule has 106 valence electrons. The molecule has 0 aliphatic heterocycles. The van der Waals surface area contributed by atoms with Gasteiger partial charge in [-0.05, 0) is 65.2 Å². The van der Waals surface area contributed by atoms with Gasteiger partial charge in [-0.15, -0.1) is 0 Å². The van der Waals surface area contributed by atoms with Gasteiger partial charge in [0.15, 0.2) is 0 Å². The second-order valence-corrected chi connectivity index (χ2v) is 8.44. The molecule has 0 aromatic rings. The van der Waals surface area contributed by atoms with Crippen molar-refractivity contribution in [3.63, 3.8) is 0 Å². The van der Waals surface area contributed by atoms with E-state index in [9.17, 15) is 0 Å². The first-order chi connectivity index (χ1) is 8.56. The molecule has 4 heteroatoms. The minimum atomic E-state index is 0.328. The summed E-state index contributed by atoms with van der Waals surface area (Å²) in [5, 5.41) is 0. The van der Waals surface area contributed by atoms with Gasteiger partial charge in [0.05, 0.1) is 12.2 Å². The molecule has 2 aliphatic carbocycles. The van der Waals surface area contributed by atoms with Crippen molar-refractivity contribution in [1.82, 2.24) is 0 Å². The van der Waals surface area contributed by atoms with E-state index in [-0.39, 0.29) is 0 Å². The third-order valence-electron chi connectivity index (χ3n) is 3.07. The van der Waals surface area contributed by atoms with Gasteiger partial charge in [0, 0.05) is 0 Å². The quantitative estimate of drug-likeness (QED) is 0.453. The lowest BCUT2D eigenvalue weighted by molar-refractivity contribution is 0.0463. The molecule has 2 unspecified atom stereocenters. The highest BCUT2D eigenvalue weighted by molar-refractivity contribution is 8.77. The van der Waals surface area contributed by atoms with E-state index < -0.39 is 0 Å². The Morgan fingerprint density at radius 3 is 1.28 bits per heavy atom. The van der Waals surface area contributed by atoms with E-state index in [0.717, 1.165) is 11.8 Å². The average molecular weight is 290 g/mol. The van der Waals surface area contributed by atoms with Crippen molar-refractivity contribution < 1.29 is 9.47 Å². The van der Waals surface area contributed by atoms with Crippen molar-refractivity contribution in [2.45, 2.75) is 76.5 Å². The lowest BCUT2D eigenvalue weighted by Gasteiger charge is -2.23. The molecular formula is C14H26O2S2. The minimum absolute atomic E-state index is 0.328. The van der Waals surface area contributed by atoms with E-state index in [0.29, 0.717) is 23.1 Å². The van der Waals surface area contributed by atoms with Crippen molar-refractivity contribution >= 4 is 21.6 Å². The number of rotatable bonds is 9. The summed E-state index contributed by atoms with van der Waals surface area (Å²) in [5.41, 5.74) is 0.735. The van der Waals surface area contributed by atoms with Gasteiger partial charge in [-0.3, -0.25) is 0 Å². The van der Waals surface area contributed by atoms with Crippen LogP contribution in [0.4, 0.5) is 0 Å². The summed E-state index contributed by atoms with van der Waals surface area (Å²) in [6, 6.07) is 0. The van der Waals surface area contributed by atoms with Crippen molar-refractivity contribution in [2.75, 3.05) is 0 Å². The highest BCUT2D eigenvalue weighted by Crippen LogP contribution is 2.50. The predicted molar refractivity (Wildman–Crippen MR) is 80.6 cm³/mol. The molecule has 2 fully saturated rings. The summed E-state index contributed by atoms with van der Waals surface area (Å²) in [6.07, 6.45) is 6.01. The summed E-state index contributed by atoms with van der Waals surface area (Å²) in [7, 11) is 3.82. The SMILES string of the molecule is CC(C)OC(SSC(OC(C)C)C1CC1)C1CC1. The Balaban J connectivity index is 1.75. The Labute approximate surface area is 119 Å². The van der Waals surface area contributed by atoms with Gasteiger partial charge in [0.2, 0.25) is 0 Å². The van der Waals surface area contributed by atoms with Crippen LogP contribution in [0.3, 0.4) is 0 Å². The van der Waals surface area contributed by atoms with E-state index in [1.807, 2.05) is 21.6 Å². The van der Waals surface area contributed by atoms with E-state index in [1.165, 1.54) is 25.7 Å². The molecule has 0 N–H and O–H groups in total. The molecule has 0 saturated heterocycles. The molecular weight excluding hydrogens is 264 g/mol. The Bertz CT molecular complexity index is 224. The van der Waals surface area contributed by atoms with Crippen molar-refractivity contribution in [2.24, 2.45) is 11.8 Å². The fraction of sp³-hybridized carbons (Fsp3) is 1.00. The molecule has 0 amide bonds. The van der Waals surface area contributed by atoms with Crippen LogP contribution in [0, 0.1) is 11.8 Å². The van der Waals surface area contributed by atoms with E-state index in [4.69, 9.17) is 9.47 Å². The fourth-order valence-corrected chi connectivity index (χ4v) is 5.29. The highest BCUT2D eigenvalue weighted by atomic mass is 33.1. The second kappa shape index (κ2) is 6.87. The molecule has 0 aromatic heterocycles. The fourth-order valence-electron chi connectivity index (χ4n) is 1.81. The zero-order valence-electron chi connectivity index (χ0n) is 11.9. The molecule has 0 bridgehead atoms. The first kappa shape index (κ1) is 15.0. The molecule has 0 spiro atoms. The lowest BCUT2D eigenvalue weighted by Crippen LogP contribution is -2.19. The van der Waals surface area contributed by atoms with Gasteiger partial charge in [-0.25, -0.2) is 0 Å². The van der Waals surface area contributed by atoms with Crippen LogP contribution in [0.5, 0.6) is 0 Å². The predicted octanol–water partition coefficient (Wildman–Crippen LogP) is 4.69. The Kier molecular flexibility index (Phi) is 5.73. The Hall–Kier alpha value is 0.620. The number of ether oxygens (including phenoxy) is 2. The largest absolute Gasteiger partial charge is 0.364 e. The monoisotopic (exact) mass is 290 g/mol. The first-order valence-corrected chi connectivity index (χ1v) is 9.47. The first-order valence-electron chi connectivity index (χ1n) is 7.19. The third-order valence-corrected chi connectivity index (χ3v) is 6.03. The van der Waals surface area contributed by atoms with Crippen LogP contribution in [0.2, 0.25) is 0 Å². The maximum atomic E-state index is 6.02. The van der Waals surface area contributed by atoms with Crippen LogP contribution in [-0.4, -0.2) is 23.1 Å².